The van der Waals surface area contributed by atoms with Crippen molar-refractivity contribution in [2.75, 3.05) is 19.6 Å². The van der Waals surface area contributed by atoms with E-state index in [1.165, 1.54) is 6.92 Å². The second kappa shape index (κ2) is 10.3. The highest BCUT2D eigenvalue weighted by molar-refractivity contribution is 7.88. The van der Waals surface area contributed by atoms with E-state index in [1.807, 2.05) is 48.5 Å². The predicted octanol–water partition coefficient (Wildman–Crippen LogP) is 4.69. The monoisotopic (exact) mass is 564 g/mol. The maximum atomic E-state index is 14.1. The first-order chi connectivity index (χ1) is 19.2. The third-order valence-electron chi connectivity index (χ3n) is 9.48. The number of carbonyl (C=O) groups is 1. The van der Waals surface area contributed by atoms with E-state index in [-0.39, 0.29) is 41.2 Å². The van der Waals surface area contributed by atoms with Gasteiger partial charge in [0.1, 0.15) is 17.6 Å². The van der Waals surface area contributed by atoms with Gasteiger partial charge in [-0.3, -0.25) is 9.69 Å². The molecule has 0 aromatic heterocycles. The van der Waals surface area contributed by atoms with Gasteiger partial charge in [-0.2, -0.15) is 4.31 Å². The normalized spacial score (nSPS) is 28.7. The largest absolute Gasteiger partial charge is 0.487 e. The summed E-state index contributed by atoms with van der Waals surface area (Å²) in [5, 5.41) is 0. The Balaban J connectivity index is 1.45. The van der Waals surface area contributed by atoms with Crippen LogP contribution in [0.2, 0.25) is 0 Å². The van der Waals surface area contributed by atoms with Crippen LogP contribution in [0.25, 0.3) is 0 Å². The molecule has 4 aliphatic rings. The number of carbonyl (C=O) groups excluding carboxylic acids is 1. The number of likely N-dealkylation sites (tertiary alicyclic amines) is 1. The van der Waals surface area contributed by atoms with Crippen LogP contribution in [0.1, 0.15) is 56.7 Å². The van der Waals surface area contributed by atoms with Crippen molar-refractivity contribution in [1.29, 1.82) is 0 Å². The zero-order valence-electron chi connectivity index (χ0n) is 23.7. The number of ether oxygens (including phenoxy) is 2. The van der Waals surface area contributed by atoms with Crippen LogP contribution in [0.4, 0.5) is 0 Å². The summed E-state index contributed by atoms with van der Waals surface area (Å²) in [6, 6.07) is 13.2. The van der Waals surface area contributed by atoms with E-state index in [4.69, 9.17) is 9.47 Å². The van der Waals surface area contributed by atoms with Crippen LogP contribution < -0.4 is 9.47 Å². The molecule has 0 radical (unpaired) electrons. The molecular weight excluding hydrogens is 524 g/mol. The number of sulfonamides is 1. The van der Waals surface area contributed by atoms with E-state index in [0.717, 1.165) is 61.2 Å². The van der Waals surface area contributed by atoms with Gasteiger partial charge >= 0.3 is 5.97 Å². The average molecular weight is 565 g/mol. The second-order valence-corrected chi connectivity index (χ2v) is 14.3. The number of benzene rings is 2. The zero-order chi connectivity index (χ0) is 28.2. The molecule has 214 valence electrons. The van der Waals surface area contributed by atoms with Crippen LogP contribution in [0.3, 0.4) is 0 Å². The lowest BCUT2D eigenvalue weighted by Gasteiger charge is -2.60. The number of piperidine rings is 1. The molecule has 0 amide bonds. The third-order valence-corrected chi connectivity index (χ3v) is 11.3. The molecule has 2 bridgehead atoms. The number of esters is 1. The van der Waals surface area contributed by atoms with Gasteiger partial charge in [0, 0.05) is 42.6 Å². The molecular formula is C32H40N2O5S. The summed E-state index contributed by atoms with van der Waals surface area (Å²) in [6.07, 6.45) is 5.03. The number of hydrogen-bond acceptors (Lipinski definition) is 6. The molecule has 2 aromatic carbocycles. The van der Waals surface area contributed by atoms with E-state index < -0.39 is 10.0 Å². The van der Waals surface area contributed by atoms with Gasteiger partial charge in [-0.1, -0.05) is 50.3 Å². The molecule has 1 spiro atoms. The number of nitrogens with zero attached hydrogens (tertiary/aromatic N) is 2. The van der Waals surface area contributed by atoms with Gasteiger partial charge in [-0.15, -0.1) is 6.58 Å². The SMILES string of the molecule is C=CCN1CC[C@@]23c4c5ccc(OC(C)=O)c4C[C@@H]1[C@@H]2CC[C@H](N(CC(C)C)S(=O)(=O)Cc1ccccc1)[C@@H]3O5. The van der Waals surface area contributed by atoms with E-state index in [0.29, 0.717) is 18.2 Å². The molecule has 2 aliphatic heterocycles. The first-order valence-electron chi connectivity index (χ1n) is 14.6. The lowest BCUT2D eigenvalue weighted by Crippen LogP contribution is -2.69. The van der Waals surface area contributed by atoms with E-state index in [2.05, 4.69) is 25.3 Å². The standard InChI is InChI=1S/C32H40N2O5S/c1-5-16-33-17-15-32-25-11-12-26(34(19-21(2)3)40(36,37)20-23-9-7-6-8-10-23)31(32)39-29-14-13-28(38-22(4)35)24(30(29)32)18-27(25)33/h5-10,13-14,21,25-27,31H,1,11-12,15-20H2,2-4H3/t25-,26-,27+,31-,32-/m0/s1. The Kier molecular flexibility index (Phi) is 7.08. The number of hydrogen-bond donors (Lipinski definition) is 0. The van der Waals surface area contributed by atoms with E-state index >= 15 is 0 Å². The van der Waals surface area contributed by atoms with Crippen molar-refractivity contribution in [2.45, 2.75) is 75.8 Å². The second-order valence-electron chi connectivity index (χ2n) is 12.3. The molecule has 2 aromatic rings. The fraction of sp³-hybridized carbons (Fsp3) is 0.531. The minimum atomic E-state index is -3.62. The van der Waals surface area contributed by atoms with Gasteiger partial charge in [0.25, 0.3) is 0 Å². The molecule has 7 nitrogen and oxygen atoms in total. The van der Waals surface area contributed by atoms with Gasteiger partial charge in [0.2, 0.25) is 10.0 Å². The molecule has 2 aliphatic carbocycles. The van der Waals surface area contributed by atoms with Crippen LogP contribution in [-0.4, -0.2) is 61.4 Å². The van der Waals surface area contributed by atoms with Crippen LogP contribution in [-0.2, 0) is 32.4 Å². The smallest absolute Gasteiger partial charge is 0.308 e. The molecule has 0 N–H and O–H groups in total. The lowest BCUT2D eigenvalue weighted by atomic mass is 9.51. The average Bonchev–Trinajstić information content (AvgIpc) is 3.23. The Hall–Kier alpha value is -2.68. The van der Waals surface area contributed by atoms with Crippen molar-refractivity contribution >= 4 is 16.0 Å². The lowest BCUT2D eigenvalue weighted by molar-refractivity contribution is -0.132. The highest BCUT2D eigenvalue weighted by atomic mass is 32.2. The molecule has 2 heterocycles. The molecule has 6 rings (SSSR count). The highest BCUT2D eigenvalue weighted by Gasteiger charge is 2.66. The van der Waals surface area contributed by atoms with Crippen LogP contribution in [0.15, 0.2) is 55.1 Å². The summed E-state index contributed by atoms with van der Waals surface area (Å²) in [5.41, 5.74) is 2.68. The Labute approximate surface area is 238 Å². The van der Waals surface area contributed by atoms with Crippen molar-refractivity contribution in [3.63, 3.8) is 0 Å². The molecule has 1 saturated heterocycles. The van der Waals surface area contributed by atoms with Crippen molar-refractivity contribution < 1.29 is 22.7 Å². The molecule has 5 atom stereocenters. The highest BCUT2D eigenvalue weighted by Crippen LogP contribution is 2.64. The fourth-order valence-corrected chi connectivity index (χ4v) is 10.2. The summed E-state index contributed by atoms with van der Waals surface area (Å²) in [7, 11) is -3.62. The maximum absolute atomic E-state index is 14.1. The molecule has 40 heavy (non-hydrogen) atoms. The van der Waals surface area contributed by atoms with E-state index in [1.54, 1.807) is 4.31 Å². The zero-order valence-corrected chi connectivity index (χ0v) is 24.5. The minimum absolute atomic E-state index is 0.0231. The summed E-state index contributed by atoms with van der Waals surface area (Å²) in [4.78, 5) is 14.5. The van der Waals surface area contributed by atoms with Crippen LogP contribution in [0, 0.1) is 11.8 Å². The summed E-state index contributed by atoms with van der Waals surface area (Å²) >= 11 is 0. The van der Waals surface area contributed by atoms with Crippen molar-refractivity contribution in [1.82, 2.24) is 9.21 Å². The van der Waals surface area contributed by atoms with Crippen LogP contribution >= 0.6 is 0 Å². The predicted molar refractivity (Wildman–Crippen MR) is 155 cm³/mol. The fourth-order valence-electron chi connectivity index (χ4n) is 8.22. The van der Waals surface area contributed by atoms with Gasteiger partial charge < -0.3 is 9.47 Å². The third kappa shape index (κ3) is 4.39. The Bertz CT molecular complexity index is 1410. The Morgan fingerprint density at radius 2 is 2.00 bits per heavy atom. The van der Waals surface area contributed by atoms with Gasteiger partial charge in [0.05, 0.1) is 11.8 Å². The molecule has 1 saturated carbocycles. The quantitative estimate of drug-likeness (QED) is 0.250. The molecule has 2 fully saturated rings. The Morgan fingerprint density at radius 3 is 2.70 bits per heavy atom. The van der Waals surface area contributed by atoms with Crippen molar-refractivity contribution in [2.24, 2.45) is 11.8 Å². The summed E-state index contributed by atoms with van der Waals surface area (Å²) in [6.45, 7) is 11.7. The van der Waals surface area contributed by atoms with Crippen molar-refractivity contribution in [3.05, 3.63) is 71.8 Å². The van der Waals surface area contributed by atoms with Crippen LogP contribution in [0.5, 0.6) is 11.5 Å². The summed E-state index contributed by atoms with van der Waals surface area (Å²) in [5.74, 6) is 1.58. The first kappa shape index (κ1) is 27.5. The Morgan fingerprint density at radius 1 is 1.23 bits per heavy atom. The number of rotatable bonds is 9. The van der Waals surface area contributed by atoms with Crippen molar-refractivity contribution in [3.8, 4) is 11.5 Å². The van der Waals surface area contributed by atoms with Gasteiger partial charge in [-0.25, -0.2) is 8.42 Å². The minimum Gasteiger partial charge on any atom is -0.487 e. The van der Waals surface area contributed by atoms with E-state index in [9.17, 15) is 13.2 Å². The topological polar surface area (TPSA) is 76.2 Å². The summed E-state index contributed by atoms with van der Waals surface area (Å²) < 4.78 is 42.6. The van der Waals surface area contributed by atoms with Gasteiger partial charge in [0.15, 0.2) is 0 Å². The first-order valence-corrected chi connectivity index (χ1v) is 16.2. The molecule has 0 unspecified atom stereocenters. The van der Waals surface area contributed by atoms with Gasteiger partial charge in [-0.05, 0) is 61.8 Å². The molecule has 8 heteroatoms. The maximum Gasteiger partial charge on any atom is 0.308 e.